The molecule has 0 fully saturated rings. The molecule has 0 aliphatic rings. The van der Waals surface area contributed by atoms with Crippen molar-refractivity contribution in [3.63, 3.8) is 0 Å². The van der Waals surface area contributed by atoms with Crippen molar-refractivity contribution in [2.24, 2.45) is 0 Å². The molecule has 0 aliphatic heterocycles. The van der Waals surface area contributed by atoms with Crippen molar-refractivity contribution < 1.29 is 13.5 Å². The molecule has 0 heterocycles. The highest BCUT2D eigenvalue weighted by atomic mass is 35.5. The van der Waals surface area contributed by atoms with Gasteiger partial charge in [-0.05, 0) is 13.0 Å². The maximum absolute atomic E-state index is 11.3. The van der Waals surface area contributed by atoms with E-state index in [1.165, 1.54) is 6.92 Å². The molecule has 5 heteroatoms. The summed E-state index contributed by atoms with van der Waals surface area (Å²) in [6.07, 6.45) is 0.00580. The maximum atomic E-state index is 11.3. The van der Waals surface area contributed by atoms with E-state index in [0.29, 0.717) is 10.6 Å². The van der Waals surface area contributed by atoms with E-state index in [9.17, 15) is 13.5 Å². The van der Waals surface area contributed by atoms with E-state index < -0.39 is 21.2 Å². The van der Waals surface area contributed by atoms with Gasteiger partial charge in [0.1, 0.15) is 0 Å². The summed E-state index contributed by atoms with van der Waals surface area (Å²) in [6, 6.07) is 6.67. The summed E-state index contributed by atoms with van der Waals surface area (Å²) < 4.78 is 22.5. The van der Waals surface area contributed by atoms with Crippen molar-refractivity contribution in [1.29, 1.82) is 0 Å². The van der Waals surface area contributed by atoms with E-state index in [-0.39, 0.29) is 0 Å². The van der Waals surface area contributed by atoms with E-state index >= 15 is 0 Å². The second-order valence-electron chi connectivity index (χ2n) is 3.50. The number of hydrogen-bond donors (Lipinski definition) is 1. The molecule has 0 aliphatic carbocycles. The van der Waals surface area contributed by atoms with Gasteiger partial charge < -0.3 is 5.11 Å². The van der Waals surface area contributed by atoms with Crippen LogP contribution in [0.3, 0.4) is 0 Å². The molecule has 0 saturated carbocycles. The van der Waals surface area contributed by atoms with Crippen molar-refractivity contribution in [2.45, 2.75) is 18.3 Å². The Labute approximate surface area is 94.6 Å². The number of rotatable bonds is 3. The maximum Gasteiger partial charge on any atom is 0.152 e. The largest absolute Gasteiger partial charge is 0.387 e. The van der Waals surface area contributed by atoms with Gasteiger partial charge in [-0.1, -0.05) is 29.8 Å². The standard InChI is InChI=1S/C10H13ClO3S/c1-7(15(2,13)14)10(12)8-5-3-4-6-9(8)11/h3-7,10,12H,1-2H3. The third-order valence-corrected chi connectivity index (χ3v) is 4.30. The average molecular weight is 249 g/mol. The Morgan fingerprint density at radius 1 is 1.33 bits per heavy atom. The first kappa shape index (κ1) is 12.5. The summed E-state index contributed by atoms with van der Waals surface area (Å²) in [5.74, 6) is 0. The number of sulfone groups is 1. The molecule has 0 saturated heterocycles. The summed E-state index contributed by atoms with van der Waals surface area (Å²) in [5, 5.41) is 9.35. The van der Waals surface area contributed by atoms with Crippen molar-refractivity contribution >= 4 is 21.4 Å². The Hall–Kier alpha value is -0.580. The van der Waals surface area contributed by atoms with Crippen LogP contribution in [0.2, 0.25) is 5.02 Å². The number of benzene rings is 1. The van der Waals surface area contributed by atoms with Crippen LogP contribution in [0.15, 0.2) is 24.3 Å². The minimum Gasteiger partial charge on any atom is -0.387 e. The minimum atomic E-state index is -3.28. The lowest BCUT2D eigenvalue weighted by Crippen LogP contribution is -2.24. The summed E-state index contributed by atoms with van der Waals surface area (Å²) in [4.78, 5) is 0. The summed E-state index contributed by atoms with van der Waals surface area (Å²) >= 11 is 5.86. The molecule has 84 valence electrons. The number of hydrogen-bond acceptors (Lipinski definition) is 3. The van der Waals surface area contributed by atoms with Crippen LogP contribution in [0, 0.1) is 0 Å². The quantitative estimate of drug-likeness (QED) is 0.888. The molecule has 3 nitrogen and oxygen atoms in total. The summed E-state index contributed by atoms with van der Waals surface area (Å²) in [5.41, 5.74) is 0.442. The minimum absolute atomic E-state index is 0.375. The van der Waals surface area contributed by atoms with E-state index in [0.717, 1.165) is 6.26 Å². The highest BCUT2D eigenvalue weighted by molar-refractivity contribution is 7.91. The topological polar surface area (TPSA) is 54.4 Å². The number of aliphatic hydroxyl groups excluding tert-OH is 1. The molecular weight excluding hydrogens is 236 g/mol. The van der Waals surface area contributed by atoms with Crippen molar-refractivity contribution in [2.75, 3.05) is 6.26 Å². The van der Waals surface area contributed by atoms with Crippen LogP contribution in [0.4, 0.5) is 0 Å². The van der Waals surface area contributed by atoms with Crippen LogP contribution in [0.5, 0.6) is 0 Å². The van der Waals surface area contributed by atoms with Gasteiger partial charge in [-0.2, -0.15) is 0 Å². The fourth-order valence-corrected chi connectivity index (χ4v) is 2.06. The Bertz CT molecular complexity index is 442. The molecule has 0 spiro atoms. The van der Waals surface area contributed by atoms with Gasteiger partial charge in [0.25, 0.3) is 0 Å². The smallest absolute Gasteiger partial charge is 0.152 e. The van der Waals surface area contributed by atoms with Crippen LogP contribution in [-0.4, -0.2) is 25.0 Å². The molecule has 2 atom stereocenters. The van der Waals surface area contributed by atoms with E-state index in [4.69, 9.17) is 11.6 Å². The highest BCUT2D eigenvalue weighted by Gasteiger charge is 2.26. The van der Waals surface area contributed by atoms with Gasteiger partial charge in [-0.15, -0.1) is 0 Å². The van der Waals surface area contributed by atoms with Crippen LogP contribution in [0.25, 0.3) is 0 Å². The summed E-state index contributed by atoms with van der Waals surface area (Å²) in [7, 11) is -3.28. The normalized spacial score (nSPS) is 16.0. The number of aliphatic hydroxyl groups is 1. The molecule has 1 aromatic rings. The lowest BCUT2D eigenvalue weighted by Gasteiger charge is -2.18. The van der Waals surface area contributed by atoms with Gasteiger partial charge in [0.15, 0.2) is 9.84 Å². The van der Waals surface area contributed by atoms with Crippen molar-refractivity contribution in [1.82, 2.24) is 0 Å². The number of halogens is 1. The Kier molecular flexibility index (Phi) is 3.76. The zero-order valence-electron chi connectivity index (χ0n) is 8.51. The Morgan fingerprint density at radius 2 is 1.87 bits per heavy atom. The first-order valence-corrected chi connectivity index (χ1v) is 6.78. The first-order chi connectivity index (χ1) is 6.84. The zero-order valence-corrected chi connectivity index (χ0v) is 10.1. The first-order valence-electron chi connectivity index (χ1n) is 4.45. The van der Waals surface area contributed by atoms with Crippen LogP contribution in [-0.2, 0) is 9.84 Å². The van der Waals surface area contributed by atoms with Crippen LogP contribution in [0.1, 0.15) is 18.6 Å². The molecular formula is C10H13ClO3S. The monoisotopic (exact) mass is 248 g/mol. The van der Waals surface area contributed by atoms with E-state index in [1.807, 2.05) is 0 Å². The van der Waals surface area contributed by atoms with Gasteiger partial charge in [0.2, 0.25) is 0 Å². The molecule has 1 aromatic carbocycles. The van der Waals surface area contributed by atoms with Gasteiger partial charge in [-0.25, -0.2) is 8.42 Å². The van der Waals surface area contributed by atoms with E-state index in [2.05, 4.69) is 0 Å². The predicted octanol–water partition coefficient (Wildman–Crippen LogP) is 1.81. The average Bonchev–Trinajstić information content (AvgIpc) is 2.15. The summed E-state index contributed by atoms with van der Waals surface area (Å²) in [6.45, 7) is 1.46. The molecule has 15 heavy (non-hydrogen) atoms. The third-order valence-electron chi connectivity index (χ3n) is 2.34. The molecule has 0 aromatic heterocycles. The van der Waals surface area contributed by atoms with Gasteiger partial charge in [-0.3, -0.25) is 0 Å². The van der Waals surface area contributed by atoms with Gasteiger partial charge in [0.05, 0.1) is 11.4 Å². The molecule has 1 N–H and O–H groups in total. The van der Waals surface area contributed by atoms with Gasteiger partial charge in [0, 0.05) is 16.8 Å². The predicted molar refractivity (Wildman–Crippen MR) is 60.7 cm³/mol. The van der Waals surface area contributed by atoms with Crippen LogP contribution >= 0.6 is 11.6 Å². The molecule has 1 rings (SSSR count). The van der Waals surface area contributed by atoms with E-state index in [1.54, 1.807) is 24.3 Å². The van der Waals surface area contributed by atoms with Crippen molar-refractivity contribution in [3.8, 4) is 0 Å². The second kappa shape index (κ2) is 4.51. The molecule has 0 amide bonds. The molecule has 2 unspecified atom stereocenters. The molecule has 0 radical (unpaired) electrons. The Morgan fingerprint density at radius 3 is 2.33 bits per heavy atom. The lowest BCUT2D eigenvalue weighted by atomic mass is 10.1. The lowest BCUT2D eigenvalue weighted by molar-refractivity contribution is 0.176. The SMILES string of the molecule is CC(C(O)c1ccccc1Cl)S(C)(=O)=O. The fraction of sp³-hybridized carbons (Fsp3) is 0.400. The molecule has 0 bridgehead atoms. The zero-order chi connectivity index (χ0) is 11.6. The Balaban J connectivity index is 3.06. The second-order valence-corrected chi connectivity index (χ2v) is 6.31. The highest BCUT2D eigenvalue weighted by Crippen LogP contribution is 2.27. The van der Waals surface area contributed by atoms with Gasteiger partial charge >= 0.3 is 0 Å². The fourth-order valence-electron chi connectivity index (χ4n) is 1.20. The third kappa shape index (κ3) is 2.93. The van der Waals surface area contributed by atoms with Crippen molar-refractivity contribution in [3.05, 3.63) is 34.9 Å². The van der Waals surface area contributed by atoms with Crippen LogP contribution < -0.4 is 0 Å².